The Hall–Kier alpha value is -1.03. The van der Waals surface area contributed by atoms with Crippen molar-refractivity contribution in [1.82, 2.24) is 0 Å². The second kappa shape index (κ2) is 5.75. The monoisotopic (exact) mass is 270 g/mol. The van der Waals surface area contributed by atoms with E-state index in [-0.39, 0.29) is 11.9 Å². The average molecular weight is 271 g/mol. The Bertz CT molecular complexity index is 324. The van der Waals surface area contributed by atoms with Crippen LogP contribution < -0.4 is 10.5 Å². The van der Waals surface area contributed by atoms with E-state index in [1.807, 2.05) is 31.2 Å². The maximum atomic E-state index is 7.22. The second-order valence-corrected chi connectivity index (χ2v) is 4.25. The molecule has 0 saturated heterocycles. The molecule has 0 amide bonds. The molecule has 0 spiro atoms. The lowest BCUT2D eigenvalue weighted by molar-refractivity contribution is 0.204. The highest BCUT2D eigenvalue weighted by Gasteiger charge is 2.09. The van der Waals surface area contributed by atoms with Gasteiger partial charge in [0, 0.05) is 10.9 Å². The van der Waals surface area contributed by atoms with Crippen molar-refractivity contribution in [2.45, 2.75) is 25.9 Å². The zero-order valence-electron chi connectivity index (χ0n) is 8.66. The average Bonchev–Trinajstić information content (AvgIpc) is 2.19. The first-order valence-electron chi connectivity index (χ1n) is 4.87. The molecule has 3 nitrogen and oxygen atoms in total. The standard InChI is InChI=1S/C11H15BrN2O/c1-2-9(7-11(13)14)15-10-5-3-8(12)4-6-10/h3-6,9H,2,7H2,1H3,(H3,13,14). The van der Waals surface area contributed by atoms with E-state index in [2.05, 4.69) is 15.9 Å². The van der Waals surface area contributed by atoms with Gasteiger partial charge in [-0.1, -0.05) is 22.9 Å². The van der Waals surface area contributed by atoms with Crippen LogP contribution in [0.3, 0.4) is 0 Å². The van der Waals surface area contributed by atoms with Gasteiger partial charge in [0.25, 0.3) is 0 Å². The number of hydrogen-bond acceptors (Lipinski definition) is 2. The third-order valence-electron chi connectivity index (χ3n) is 2.02. The van der Waals surface area contributed by atoms with Crippen molar-refractivity contribution in [3.05, 3.63) is 28.7 Å². The van der Waals surface area contributed by atoms with Crippen molar-refractivity contribution in [2.75, 3.05) is 0 Å². The van der Waals surface area contributed by atoms with E-state index in [0.717, 1.165) is 16.6 Å². The fourth-order valence-corrected chi connectivity index (χ4v) is 1.48. The fourth-order valence-electron chi connectivity index (χ4n) is 1.22. The van der Waals surface area contributed by atoms with Crippen LogP contribution in [0.4, 0.5) is 0 Å². The van der Waals surface area contributed by atoms with Crippen molar-refractivity contribution >= 4 is 21.8 Å². The van der Waals surface area contributed by atoms with Crippen LogP contribution in [-0.4, -0.2) is 11.9 Å². The number of amidine groups is 1. The first-order chi connectivity index (χ1) is 7.11. The van der Waals surface area contributed by atoms with Crippen molar-refractivity contribution in [1.29, 1.82) is 5.41 Å². The van der Waals surface area contributed by atoms with E-state index in [4.69, 9.17) is 15.9 Å². The Kier molecular flexibility index (Phi) is 4.62. The summed E-state index contributed by atoms with van der Waals surface area (Å²) in [5.74, 6) is 0.977. The highest BCUT2D eigenvalue weighted by Crippen LogP contribution is 2.18. The molecule has 1 rings (SSSR count). The number of nitrogens with two attached hydrogens (primary N) is 1. The van der Waals surface area contributed by atoms with E-state index < -0.39 is 0 Å². The topological polar surface area (TPSA) is 59.1 Å². The summed E-state index contributed by atoms with van der Waals surface area (Å²) < 4.78 is 6.71. The number of ether oxygens (including phenoxy) is 1. The van der Waals surface area contributed by atoms with Gasteiger partial charge in [-0.15, -0.1) is 0 Å². The summed E-state index contributed by atoms with van der Waals surface area (Å²) in [5, 5.41) is 7.22. The molecule has 0 fully saturated rings. The molecule has 1 aromatic carbocycles. The smallest absolute Gasteiger partial charge is 0.119 e. The molecule has 3 N–H and O–H groups in total. The zero-order valence-corrected chi connectivity index (χ0v) is 10.3. The van der Waals surface area contributed by atoms with Crippen LogP contribution in [0.5, 0.6) is 5.75 Å². The summed E-state index contributed by atoms with van der Waals surface area (Å²) in [5.41, 5.74) is 5.34. The van der Waals surface area contributed by atoms with Crippen LogP contribution in [-0.2, 0) is 0 Å². The Labute approximate surface area is 98.3 Å². The maximum Gasteiger partial charge on any atom is 0.119 e. The Balaban J connectivity index is 2.58. The predicted molar refractivity (Wildman–Crippen MR) is 65.4 cm³/mol. The first kappa shape index (κ1) is 12.0. The maximum absolute atomic E-state index is 7.22. The third-order valence-corrected chi connectivity index (χ3v) is 2.55. The fraction of sp³-hybridized carbons (Fsp3) is 0.364. The minimum atomic E-state index is -0.0105. The van der Waals surface area contributed by atoms with Gasteiger partial charge < -0.3 is 10.5 Å². The molecule has 0 aliphatic rings. The summed E-state index contributed by atoms with van der Waals surface area (Å²) in [6.07, 6.45) is 1.31. The quantitative estimate of drug-likeness (QED) is 0.639. The molecule has 0 saturated carbocycles. The van der Waals surface area contributed by atoms with Gasteiger partial charge in [0.05, 0.1) is 5.84 Å². The first-order valence-corrected chi connectivity index (χ1v) is 5.66. The van der Waals surface area contributed by atoms with E-state index in [1.54, 1.807) is 0 Å². The van der Waals surface area contributed by atoms with Crippen molar-refractivity contribution in [3.63, 3.8) is 0 Å². The van der Waals surface area contributed by atoms with Crippen LogP contribution in [0.15, 0.2) is 28.7 Å². The number of hydrogen-bond donors (Lipinski definition) is 2. The number of benzene rings is 1. The van der Waals surface area contributed by atoms with Gasteiger partial charge in [0.1, 0.15) is 11.9 Å². The van der Waals surface area contributed by atoms with Gasteiger partial charge in [0.2, 0.25) is 0 Å². The Morgan fingerprint density at radius 1 is 1.47 bits per heavy atom. The third kappa shape index (κ3) is 4.34. The van der Waals surface area contributed by atoms with Crippen molar-refractivity contribution in [3.8, 4) is 5.75 Å². The van der Waals surface area contributed by atoms with Gasteiger partial charge in [-0.05, 0) is 30.7 Å². The van der Waals surface area contributed by atoms with Crippen LogP contribution in [0.1, 0.15) is 19.8 Å². The molecule has 4 heteroatoms. The lowest BCUT2D eigenvalue weighted by Gasteiger charge is -2.16. The summed E-state index contributed by atoms with van der Waals surface area (Å²) in [6, 6.07) is 7.64. The van der Waals surface area contributed by atoms with E-state index in [9.17, 15) is 0 Å². The van der Waals surface area contributed by atoms with Crippen LogP contribution in [0, 0.1) is 5.41 Å². The minimum Gasteiger partial charge on any atom is -0.490 e. The van der Waals surface area contributed by atoms with Crippen LogP contribution in [0.25, 0.3) is 0 Å². The number of nitrogens with one attached hydrogen (secondary N) is 1. The lowest BCUT2D eigenvalue weighted by atomic mass is 10.2. The molecular formula is C11H15BrN2O. The van der Waals surface area contributed by atoms with Gasteiger partial charge in [-0.3, -0.25) is 5.41 Å². The van der Waals surface area contributed by atoms with Gasteiger partial charge >= 0.3 is 0 Å². The van der Waals surface area contributed by atoms with E-state index in [0.29, 0.717) is 6.42 Å². The number of rotatable bonds is 5. The largest absolute Gasteiger partial charge is 0.490 e. The summed E-state index contributed by atoms with van der Waals surface area (Å²) in [4.78, 5) is 0. The van der Waals surface area contributed by atoms with Gasteiger partial charge in [-0.2, -0.15) is 0 Å². The Morgan fingerprint density at radius 2 is 2.07 bits per heavy atom. The van der Waals surface area contributed by atoms with Crippen LogP contribution in [0.2, 0.25) is 0 Å². The molecule has 0 aliphatic carbocycles. The van der Waals surface area contributed by atoms with Gasteiger partial charge in [0.15, 0.2) is 0 Å². The van der Waals surface area contributed by atoms with Crippen molar-refractivity contribution in [2.24, 2.45) is 5.73 Å². The summed E-state index contributed by atoms with van der Waals surface area (Å²) in [7, 11) is 0. The normalized spacial score (nSPS) is 12.1. The van der Waals surface area contributed by atoms with E-state index in [1.165, 1.54) is 0 Å². The summed E-state index contributed by atoms with van der Waals surface area (Å²) >= 11 is 3.36. The van der Waals surface area contributed by atoms with Crippen molar-refractivity contribution < 1.29 is 4.74 Å². The molecule has 1 unspecified atom stereocenters. The molecule has 0 heterocycles. The molecule has 1 aromatic rings. The molecule has 0 bridgehead atoms. The van der Waals surface area contributed by atoms with Crippen LogP contribution >= 0.6 is 15.9 Å². The molecule has 1 atom stereocenters. The molecule has 0 radical (unpaired) electrons. The minimum absolute atomic E-state index is 0.0105. The van der Waals surface area contributed by atoms with Gasteiger partial charge in [-0.25, -0.2) is 0 Å². The molecular weight excluding hydrogens is 256 g/mol. The number of halogens is 1. The zero-order chi connectivity index (χ0) is 11.3. The predicted octanol–water partition coefficient (Wildman–Crippen LogP) is 2.93. The Morgan fingerprint density at radius 3 is 2.53 bits per heavy atom. The molecule has 0 aliphatic heterocycles. The lowest BCUT2D eigenvalue weighted by Crippen LogP contribution is -2.23. The SMILES string of the molecule is CCC(CC(=N)N)Oc1ccc(Br)cc1. The summed E-state index contributed by atoms with van der Waals surface area (Å²) in [6.45, 7) is 2.02. The molecule has 82 valence electrons. The van der Waals surface area contributed by atoms with E-state index >= 15 is 0 Å². The molecule has 0 aromatic heterocycles. The highest BCUT2D eigenvalue weighted by atomic mass is 79.9. The second-order valence-electron chi connectivity index (χ2n) is 3.33. The highest BCUT2D eigenvalue weighted by molar-refractivity contribution is 9.10. The molecule has 15 heavy (non-hydrogen) atoms.